The topological polar surface area (TPSA) is 21.3 Å². The Balaban J connectivity index is 1.60. The third-order valence-electron chi connectivity index (χ3n) is 6.08. The minimum absolute atomic E-state index is 0.0376. The number of hydrogen-bond donors (Lipinski definition) is 1. The van der Waals surface area contributed by atoms with Crippen molar-refractivity contribution in [3.05, 3.63) is 62.1 Å². The van der Waals surface area contributed by atoms with Crippen LogP contribution in [-0.2, 0) is 0 Å². The molecule has 0 amide bonds. The molecule has 6 heteroatoms. The molecule has 0 spiro atoms. The van der Waals surface area contributed by atoms with E-state index in [1.165, 1.54) is 12.0 Å². The van der Waals surface area contributed by atoms with Crippen molar-refractivity contribution in [2.45, 2.75) is 43.7 Å². The summed E-state index contributed by atoms with van der Waals surface area (Å²) in [6, 6.07) is 11.9. The van der Waals surface area contributed by atoms with Gasteiger partial charge in [-0.3, -0.25) is 0 Å². The molecule has 27 heavy (non-hydrogen) atoms. The zero-order chi connectivity index (χ0) is 19.2. The lowest BCUT2D eigenvalue weighted by atomic mass is 9.71. The van der Waals surface area contributed by atoms with Crippen LogP contribution in [0.15, 0.2) is 36.4 Å². The highest BCUT2D eigenvalue weighted by molar-refractivity contribution is 6.42. The van der Waals surface area contributed by atoms with E-state index in [1.54, 1.807) is 12.1 Å². The number of fused-ring (bicyclic) bond motifs is 2. The van der Waals surface area contributed by atoms with Crippen molar-refractivity contribution in [2.75, 3.05) is 6.61 Å². The maximum absolute atomic E-state index is 6.30. The fourth-order valence-corrected chi connectivity index (χ4v) is 5.23. The summed E-state index contributed by atoms with van der Waals surface area (Å²) in [7, 11) is 0. The molecule has 2 aliphatic heterocycles. The summed E-state index contributed by atoms with van der Waals surface area (Å²) < 4.78 is 6.16. The van der Waals surface area contributed by atoms with Crippen molar-refractivity contribution in [3.63, 3.8) is 0 Å². The predicted molar refractivity (Wildman–Crippen MR) is 114 cm³/mol. The molecule has 2 aromatic rings. The number of halogens is 4. The van der Waals surface area contributed by atoms with Gasteiger partial charge in [-0.25, -0.2) is 0 Å². The van der Waals surface area contributed by atoms with Crippen molar-refractivity contribution in [2.24, 2.45) is 5.92 Å². The van der Waals surface area contributed by atoms with Crippen LogP contribution in [0, 0.1) is 5.92 Å². The minimum Gasteiger partial charge on any atom is -0.493 e. The van der Waals surface area contributed by atoms with Gasteiger partial charge in [-0.15, -0.1) is 0 Å². The lowest BCUT2D eigenvalue weighted by molar-refractivity contribution is 0.104. The predicted octanol–water partition coefficient (Wildman–Crippen LogP) is 6.99. The molecular formula is C21H21Cl4NO. The molecule has 0 aromatic heterocycles. The molecule has 2 aromatic carbocycles. The van der Waals surface area contributed by atoms with Crippen LogP contribution in [0.3, 0.4) is 0 Å². The summed E-state index contributed by atoms with van der Waals surface area (Å²) in [4.78, 5) is 0. The van der Waals surface area contributed by atoms with Gasteiger partial charge in [0.2, 0.25) is 0 Å². The third kappa shape index (κ3) is 3.93. The summed E-state index contributed by atoms with van der Waals surface area (Å²) in [5, 5.41) is 6.04. The number of benzene rings is 2. The molecule has 2 saturated heterocycles. The van der Waals surface area contributed by atoms with Gasteiger partial charge < -0.3 is 10.1 Å². The summed E-state index contributed by atoms with van der Waals surface area (Å²) in [5.41, 5.74) is 1.27. The molecular weight excluding hydrogens is 424 g/mol. The van der Waals surface area contributed by atoms with Gasteiger partial charge in [0.1, 0.15) is 5.75 Å². The Bertz CT molecular complexity index is 858. The number of ether oxygens (including phenoxy) is 1. The third-order valence-corrected chi connectivity index (χ3v) is 7.56. The second-order valence-electron chi connectivity index (χ2n) is 7.81. The standard InChI is InChI=1S/C21H21Cl4NO/c1-21-7-6-13(26-21)9-15(12-2-4-17(22)19(24)8-12)16(21)11-27-14-3-5-18(23)20(25)10-14/h2-5,8,10,13,15-16,26H,6-7,9,11H2,1H3/t13?,15-,16-,21?/m0/s1. The lowest BCUT2D eigenvalue weighted by Gasteiger charge is -2.45. The van der Waals surface area contributed by atoms with E-state index in [-0.39, 0.29) is 5.54 Å². The highest BCUT2D eigenvalue weighted by Crippen LogP contribution is 2.48. The zero-order valence-corrected chi connectivity index (χ0v) is 18.0. The molecule has 2 aliphatic rings. The first-order valence-electron chi connectivity index (χ1n) is 9.16. The van der Waals surface area contributed by atoms with Crippen molar-refractivity contribution < 1.29 is 4.74 Å². The van der Waals surface area contributed by atoms with Crippen molar-refractivity contribution in [3.8, 4) is 5.75 Å². The molecule has 1 N–H and O–H groups in total. The van der Waals surface area contributed by atoms with Crippen LogP contribution in [0.5, 0.6) is 5.75 Å². The minimum atomic E-state index is 0.0376. The van der Waals surface area contributed by atoms with E-state index in [4.69, 9.17) is 51.1 Å². The smallest absolute Gasteiger partial charge is 0.120 e. The fraction of sp³-hybridized carbons (Fsp3) is 0.429. The van der Waals surface area contributed by atoms with E-state index in [0.717, 1.165) is 18.6 Å². The maximum Gasteiger partial charge on any atom is 0.120 e. The van der Waals surface area contributed by atoms with Gasteiger partial charge in [0.15, 0.2) is 0 Å². The van der Waals surface area contributed by atoms with Crippen LogP contribution in [0.1, 0.15) is 37.7 Å². The van der Waals surface area contributed by atoms with Crippen molar-refractivity contribution in [1.29, 1.82) is 0 Å². The van der Waals surface area contributed by atoms with Gasteiger partial charge in [-0.05, 0) is 61.9 Å². The fourth-order valence-electron chi connectivity index (χ4n) is 4.63. The molecule has 0 saturated carbocycles. The summed E-state index contributed by atoms with van der Waals surface area (Å²) >= 11 is 24.6. The molecule has 2 fully saturated rings. The number of nitrogens with one attached hydrogen (secondary N) is 1. The largest absolute Gasteiger partial charge is 0.493 e. The Morgan fingerprint density at radius 3 is 2.41 bits per heavy atom. The first kappa shape index (κ1) is 19.7. The van der Waals surface area contributed by atoms with Crippen molar-refractivity contribution in [1.82, 2.24) is 5.32 Å². The van der Waals surface area contributed by atoms with E-state index in [0.29, 0.717) is 44.6 Å². The Morgan fingerprint density at radius 2 is 1.70 bits per heavy atom. The second kappa shape index (κ2) is 7.65. The molecule has 4 rings (SSSR count). The van der Waals surface area contributed by atoms with E-state index in [2.05, 4.69) is 18.3 Å². The SMILES string of the molecule is CC12CCC(C[C@@H](c3ccc(Cl)c(Cl)c3)[C@@H]1COc1ccc(Cl)c(Cl)c1)N2. The Hall–Kier alpha value is -0.640. The monoisotopic (exact) mass is 443 g/mol. The zero-order valence-electron chi connectivity index (χ0n) is 14.9. The van der Waals surface area contributed by atoms with Crippen LogP contribution in [0.4, 0.5) is 0 Å². The maximum atomic E-state index is 6.30. The normalized spacial score (nSPS) is 29.7. The lowest BCUT2D eigenvalue weighted by Crippen LogP contribution is -2.55. The van der Waals surface area contributed by atoms with Gasteiger partial charge in [0, 0.05) is 23.6 Å². The van der Waals surface area contributed by atoms with Crippen LogP contribution in [0.2, 0.25) is 20.1 Å². The van der Waals surface area contributed by atoms with Gasteiger partial charge in [-0.2, -0.15) is 0 Å². The van der Waals surface area contributed by atoms with Gasteiger partial charge >= 0.3 is 0 Å². The number of hydrogen-bond acceptors (Lipinski definition) is 2. The van der Waals surface area contributed by atoms with Gasteiger partial charge in [-0.1, -0.05) is 52.5 Å². The highest BCUT2D eigenvalue weighted by Gasteiger charge is 2.50. The van der Waals surface area contributed by atoms with E-state index in [1.807, 2.05) is 18.2 Å². The quantitative estimate of drug-likeness (QED) is 0.548. The molecule has 2 heterocycles. The molecule has 4 atom stereocenters. The average molecular weight is 445 g/mol. The Kier molecular flexibility index (Phi) is 5.57. The first-order valence-corrected chi connectivity index (χ1v) is 10.7. The number of rotatable bonds is 4. The molecule has 2 nitrogen and oxygen atoms in total. The van der Waals surface area contributed by atoms with Crippen LogP contribution < -0.4 is 10.1 Å². The van der Waals surface area contributed by atoms with Crippen LogP contribution >= 0.6 is 46.4 Å². The van der Waals surface area contributed by atoms with E-state index >= 15 is 0 Å². The van der Waals surface area contributed by atoms with E-state index in [9.17, 15) is 0 Å². The number of piperidine rings is 1. The second-order valence-corrected chi connectivity index (χ2v) is 9.44. The van der Waals surface area contributed by atoms with Crippen LogP contribution in [0.25, 0.3) is 0 Å². The Morgan fingerprint density at radius 1 is 1.00 bits per heavy atom. The summed E-state index contributed by atoms with van der Waals surface area (Å²) in [5.74, 6) is 1.41. The molecule has 144 valence electrons. The Labute approximate surface area is 180 Å². The van der Waals surface area contributed by atoms with Crippen molar-refractivity contribution >= 4 is 46.4 Å². The van der Waals surface area contributed by atoms with E-state index < -0.39 is 0 Å². The summed E-state index contributed by atoms with van der Waals surface area (Å²) in [6.07, 6.45) is 3.41. The highest BCUT2D eigenvalue weighted by atomic mass is 35.5. The first-order chi connectivity index (χ1) is 12.9. The summed E-state index contributed by atoms with van der Waals surface area (Å²) in [6.45, 7) is 2.90. The molecule has 2 bridgehead atoms. The molecule has 0 aliphatic carbocycles. The molecule has 2 unspecified atom stereocenters. The van der Waals surface area contributed by atoms with Gasteiger partial charge in [0.25, 0.3) is 0 Å². The molecule has 0 radical (unpaired) electrons. The average Bonchev–Trinajstić information content (AvgIpc) is 2.95. The van der Waals surface area contributed by atoms with Crippen LogP contribution in [-0.4, -0.2) is 18.2 Å². The van der Waals surface area contributed by atoms with Gasteiger partial charge in [0.05, 0.1) is 26.7 Å².